The van der Waals surface area contributed by atoms with E-state index in [1.807, 2.05) is 60.0 Å². The van der Waals surface area contributed by atoms with Gasteiger partial charge in [-0.2, -0.15) is 9.78 Å². The van der Waals surface area contributed by atoms with Gasteiger partial charge in [0, 0.05) is 11.8 Å². The van der Waals surface area contributed by atoms with Gasteiger partial charge >= 0.3 is 0 Å². The molecule has 0 fully saturated rings. The summed E-state index contributed by atoms with van der Waals surface area (Å²) in [5.41, 5.74) is 3.92. The van der Waals surface area contributed by atoms with Gasteiger partial charge in [-0.05, 0) is 37.3 Å². The molecule has 0 atom stereocenters. The number of carbonyl (C=O) groups is 1. The Morgan fingerprint density at radius 1 is 1.00 bits per heavy atom. The number of nitrogens with zero attached hydrogens (tertiary/aromatic N) is 4. The fraction of sp³-hybridized carbons (Fsp3) is 0.0556. The van der Waals surface area contributed by atoms with Gasteiger partial charge in [0.15, 0.2) is 0 Å². The van der Waals surface area contributed by atoms with Crippen LogP contribution in [0.2, 0.25) is 0 Å². The lowest BCUT2D eigenvalue weighted by Gasteiger charge is -2.07. The van der Waals surface area contributed by atoms with Crippen LogP contribution in [0.4, 0.5) is 0 Å². The number of hydrogen-bond donors (Lipinski definition) is 0. The molecule has 1 aromatic carbocycles. The van der Waals surface area contributed by atoms with Crippen LogP contribution in [0, 0.1) is 6.92 Å². The Morgan fingerprint density at radius 3 is 2.61 bits per heavy atom. The minimum atomic E-state index is -0.157. The number of imidazole rings is 1. The van der Waals surface area contributed by atoms with Crippen molar-refractivity contribution >= 4 is 11.6 Å². The highest BCUT2D eigenvalue weighted by molar-refractivity contribution is 5.97. The summed E-state index contributed by atoms with van der Waals surface area (Å²) in [7, 11) is 0. The summed E-state index contributed by atoms with van der Waals surface area (Å²) in [5.74, 6) is -0.157. The molecule has 0 aliphatic carbocycles. The molecule has 0 spiro atoms. The van der Waals surface area contributed by atoms with Crippen LogP contribution in [0.1, 0.15) is 16.1 Å². The van der Waals surface area contributed by atoms with E-state index in [9.17, 15) is 4.79 Å². The summed E-state index contributed by atoms with van der Waals surface area (Å²) in [5, 5.41) is 4.22. The summed E-state index contributed by atoms with van der Waals surface area (Å²) < 4.78 is 3.40. The molecule has 0 saturated carbocycles. The third-order valence-electron chi connectivity index (χ3n) is 3.80. The summed E-state index contributed by atoms with van der Waals surface area (Å²) in [6.45, 7) is 1.94. The van der Waals surface area contributed by atoms with Gasteiger partial charge in [0.05, 0.1) is 23.3 Å². The van der Waals surface area contributed by atoms with E-state index >= 15 is 0 Å². The van der Waals surface area contributed by atoms with Crippen LogP contribution in [0.25, 0.3) is 17.0 Å². The van der Waals surface area contributed by atoms with E-state index in [-0.39, 0.29) is 5.91 Å². The third kappa shape index (κ3) is 2.14. The van der Waals surface area contributed by atoms with Crippen molar-refractivity contribution in [3.05, 3.63) is 78.2 Å². The quantitative estimate of drug-likeness (QED) is 0.571. The fourth-order valence-electron chi connectivity index (χ4n) is 2.77. The highest BCUT2D eigenvalue weighted by Gasteiger charge is 2.19. The zero-order valence-corrected chi connectivity index (χ0v) is 12.5. The normalized spacial score (nSPS) is 11.0. The second-order valence-electron chi connectivity index (χ2n) is 5.27. The van der Waals surface area contributed by atoms with Crippen molar-refractivity contribution in [2.45, 2.75) is 6.92 Å². The Balaban J connectivity index is 1.90. The summed E-state index contributed by atoms with van der Waals surface area (Å²) in [6.07, 6.45) is 3.58. The van der Waals surface area contributed by atoms with Crippen molar-refractivity contribution in [1.29, 1.82) is 0 Å². The Kier molecular flexibility index (Phi) is 3.05. The first kappa shape index (κ1) is 13.5. The highest BCUT2D eigenvalue weighted by atomic mass is 16.2. The number of aryl methyl sites for hydroxylation is 1. The average Bonchev–Trinajstić information content (AvgIpc) is 3.17. The Morgan fingerprint density at radius 2 is 1.78 bits per heavy atom. The van der Waals surface area contributed by atoms with Gasteiger partial charge in [-0.25, -0.2) is 4.98 Å². The molecule has 0 aliphatic heterocycles. The fourth-order valence-corrected chi connectivity index (χ4v) is 2.77. The maximum absolute atomic E-state index is 12.7. The minimum absolute atomic E-state index is 0.157. The van der Waals surface area contributed by atoms with Crippen molar-refractivity contribution in [2.75, 3.05) is 0 Å². The van der Waals surface area contributed by atoms with Crippen LogP contribution >= 0.6 is 0 Å². The van der Waals surface area contributed by atoms with Crippen LogP contribution in [0.5, 0.6) is 0 Å². The highest BCUT2D eigenvalue weighted by Crippen LogP contribution is 2.25. The van der Waals surface area contributed by atoms with Gasteiger partial charge in [0.25, 0.3) is 5.91 Å². The molecule has 5 heteroatoms. The van der Waals surface area contributed by atoms with Gasteiger partial charge in [-0.15, -0.1) is 0 Å². The zero-order valence-electron chi connectivity index (χ0n) is 12.5. The van der Waals surface area contributed by atoms with Gasteiger partial charge in [0.1, 0.15) is 5.65 Å². The van der Waals surface area contributed by atoms with Crippen molar-refractivity contribution in [3.63, 3.8) is 0 Å². The molecular weight excluding hydrogens is 288 g/mol. The van der Waals surface area contributed by atoms with Gasteiger partial charge in [0.2, 0.25) is 0 Å². The van der Waals surface area contributed by atoms with E-state index in [1.165, 1.54) is 4.68 Å². The van der Waals surface area contributed by atoms with E-state index < -0.39 is 0 Å². The van der Waals surface area contributed by atoms with Crippen molar-refractivity contribution in [1.82, 2.24) is 19.2 Å². The molecule has 112 valence electrons. The number of fused-ring (bicyclic) bond motifs is 1. The second-order valence-corrected chi connectivity index (χ2v) is 5.27. The molecule has 0 unspecified atom stereocenters. The van der Waals surface area contributed by atoms with Crippen molar-refractivity contribution < 1.29 is 4.79 Å². The van der Waals surface area contributed by atoms with Crippen LogP contribution in [-0.4, -0.2) is 25.1 Å². The van der Waals surface area contributed by atoms with E-state index in [0.29, 0.717) is 5.56 Å². The topological polar surface area (TPSA) is 52.2 Å². The number of rotatable bonds is 2. The standard InChI is InChI=1S/C18H14N4O/c1-13-17(21-12-6-5-9-16(21)20-13)15-10-11-19-22(15)18(23)14-7-3-2-4-8-14/h2-12H,1H3. The lowest BCUT2D eigenvalue weighted by molar-refractivity contribution is 0.0947. The first-order valence-electron chi connectivity index (χ1n) is 7.33. The number of carbonyl (C=O) groups excluding carboxylic acids is 1. The Hall–Kier alpha value is -3.21. The Bertz CT molecular complexity index is 998. The van der Waals surface area contributed by atoms with Crippen LogP contribution in [-0.2, 0) is 0 Å². The largest absolute Gasteiger partial charge is 0.298 e. The summed E-state index contributed by atoms with van der Waals surface area (Å²) >= 11 is 0. The van der Waals surface area contributed by atoms with Crippen LogP contribution in [0.15, 0.2) is 67.0 Å². The maximum Gasteiger partial charge on any atom is 0.278 e. The van der Waals surface area contributed by atoms with Crippen LogP contribution in [0.3, 0.4) is 0 Å². The average molecular weight is 302 g/mol. The molecule has 0 aliphatic rings. The molecule has 4 aromatic rings. The van der Waals surface area contributed by atoms with Crippen molar-refractivity contribution in [2.24, 2.45) is 0 Å². The van der Waals surface area contributed by atoms with E-state index in [0.717, 1.165) is 22.7 Å². The van der Waals surface area contributed by atoms with Gasteiger partial charge < -0.3 is 0 Å². The molecule has 23 heavy (non-hydrogen) atoms. The predicted octanol–water partition coefficient (Wildman–Crippen LogP) is 3.19. The monoisotopic (exact) mass is 302 g/mol. The van der Waals surface area contributed by atoms with E-state index in [1.54, 1.807) is 18.3 Å². The molecular formula is C18H14N4O. The minimum Gasteiger partial charge on any atom is -0.298 e. The van der Waals surface area contributed by atoms with Gasteiger partial charge in [-0.1, -0.05) is 24.3 Å². The molecule has 0 amide bonds. The molecule has 0 bridgehead atoms. The lowest BCUT2D eigenvalue weighted by Crippen LogP contribution is -2.15. The molecule has 4 rings (SSSR count). The number of hydrogen-bond acceptors (Lipinski definition) is 3. The summed E-state index contributed by atoms with van der Waals surface area (Å²) in [4.78, 5) is 17.3. The molecule has 3 heterocycles. The van der Waals surface area contributed by atoms with Crippen LogP contribution < -0.4 is 0 Å². The predicted molar refractivity (Wildman–Crippen MR) is 87.3 cm³/mol. The lowest BCUT2D eigenvalue weighted by atomic mass is 10.2. The van der Waals surface area contributed by atoms with E-state index in [2.05, 4.69) is 10.1 Å². The number of benzene rings is 1. The van der Waals surface area contributed by atoms with Gasteiger partial charge in [-0.3, -0.25) is 9.20 Å². The third-order valence-corrected chi connectivity index (χ3v) is 3.80. The molecule has 0 radical (unpaired) electrons. The molecule has 0 N–H and O–H groups in total. The zero-order chi connectivity index (χ0) is 15.8. The maximum atomic E-state index is 12.7. The van der Waals surface area contributed by atoms with Crippen molar-refractivity contribution in [3.8, 4) is 11.4 Å². The molecule has 3 aromatic heterocycles. The number of aromatic nitrogens is 4. The SMILES string of the molecule is Cc1nc2ccccn2c1-c1ccnn1C(=O)c1ccccc1. The Labute approximate surface area is 132 Å². The molecule has 0 saturated heterocycles. The first-order valence-corrected chi connectivity index (χ1v) is 7.33. The first-order chi connectivity index (χ1) is 11.3. The van der Waals surface area contributed by atoms with E-state index in [4.69, 9.17) is 0 Å². The smallest absolute Gasteiger partial charge is 0.278 e. The number of pyridine rings is 1. The second kappa shape index (κ2) is 5.21. The molecule has 5 nitrogen and oxygen atoms in total. The summed E-state index contributed by atoms with van der Waals surface area (Å²) in [6, 6.07) is 16.8.